The number of anilines is 1. The number of pyridine rings is 1. The van der Waals surface area contributed by atoms with Crippen LogP contribution >= 0.6 is 0 Å². The zero-order valence-corrected chi connectivity index (χ0v) is 12.2. The molecule has 0 aliphatic rings. The SMILES string of the molecule is CCCCCC(C)NC(=O)c1cc(NCC)ccn1. The number of rotatable bonds is 8. The number of nitrogens with zero attached hydrogens (tertiary/aromatic N) is 1. The standard InChI is InChI=1S/C15H25N3O/c1-4-6-7-8-12(3)18-15(19)14-11-13(16-5-2)9-10-17-14/h9-12H,4-8H2,1-3H3,(H,16,17)(H,18,19). The van der Waals surface area contributed by atoms with Crippen LogP contribution in [-0.4, -0.2) is 23.5 Å². The minimum Gasteiger partial charge on any atom is -0.385 e. The highest BCUT2D eigenvalue weighted by atomic mass is 16.1. The third-order valence-electron chi connectivity index (χ3n) is 2.99. The summed E-state index contributed by atoms with van der Waals surface area (Å²) in [5.74, 6) is -0.0937. The number of unbranched alkanes of at least 4 members (excludes halogenated alkanes) is 2. The maximum absolute atomic E-state index is 12.0. The number of hydrogen-bond donors (Lipinski definition) is 2. The first-order valence-electron chi connectivity index (χ1n) is 7.18. The first-order valence-corrected chi connectivity index (χ1v) is 7.18. The lowest BCUT2D eigenvalue weighted by atomic mass is 10.1. The number of amides is 1. The van der Waals surface area contributed by atoms with E-state index in [-0.39, 0.29) is 11.9 Å². The fourth-order valence-electron chi connectivity index (χ4n) is 1.94. The van der Waals surface area contributed by atoms with Gasteiger partial charge in [0, 0.05) is 24.5 Å². The Labute approximate surface area is 116 Å². The van der Waals surface area contributed by atoms with Gasteiger partial charge in [-0.2, -0.15) is 0 Å². The summed E-state index contributed by atoms with van der Waals surface area (Å²) >= 11 is 0. The summed E-state index contributed by atoms with van der Waals surface area (Å²) in [6.45, 7) is 7.08. The molecule has 0 fully saturated rings. The van der Waals surface area contributed by atoms with E-state index in [2.05, 4.69) is 22.5 Å². The summed E-state index contributed by atoms with van der Waals surface area (Å²) in [6, 6.07) is 3.85. The van der Waals surface area contributed by atoms with Crippen molar-refractivity contribution in [2.45, 2.75) is 52.5 Å². The molecule has 0 saturated carbocycles. The van der Waals surface area contributed by atoms with Crippen LogP contribution in [-0.2, 0) is 0 Å². The molecule has 4 nitrogen and oxygen atoms in total. The summed E-state index contributed by atoms with van der Waals surface area (Å²) in [5, 5.41) is 6.17. The summed E-state index contributed by atoms with van der Waals surface area (Å²) < 4.78 is 0. The number of carbonyl (C=O) groups is 1. The van der Waals surface area contributed by atoms with Crippen LogP contribution in [0.25, 0.3) is 0 Å². The van der Waals surface area contributed by atoms with Crippen LogP contribution in [0.4, 0.5) is 5.69 Å². The normalized spacial score (nSPS) is 11.9. The van der Waals surface area contributed by atoms with E-state index in [1.54, 1.807) is 12.3 Å². The van der Waals surface area contributed by atoms with E-state index in [4.69, 9.17) is 0 Å². The molecule has 0 aliphatic carbocycles. The molecule has 1 unspecified atom stereocenters. The molecule has 1 heterocycles. The Kier molecular flexibility index (Phi) is 6.93. The highest BCUT2D eigenvalue weighted by Gasteiger charge is 2.11. The van der Waals surface area contributed by atoms with Gasteiger partial charge in [0.2, 0.25) is 0 Å². The lowest BCUT2D eigenvalue weighted by Gasteiger charge is -2.13. The Morgan fingerprint density at radius 1 is 1.37 bits per heavy atom. The van der Waals surface area contributed by atoms with E-state index < -0.39 is 0 Å². The van der Waals surface area contributed by atoms with E-state index >= 15 is 0 Å². The molecular formula is C15H25N3O. The molecule has 1 atom stereocenters. The van der Waals surface area contributed by atoms with Crippen molar-refractivity contribution in [3.05, 3.63) is 24.0 Å². The fourth-order valence-corrected chi connectivity index (χ4v) is 1.94. The predicted octanol–water partition coefficient (Wildman–Crippen LogP) is 3.21. The molecule has 0 saturated heterocycles. The number of nitrogens with one attached hydrogen (secondary N) is 2. The highest BCUT2D eigenvalue weighted by Crippen LogP contribution is 2.08. The topological polar surface area (TPSA) is 54.0 Å². The van der Waals surface area contributed by atoms with Crippen LogP contribution in [0.5, 0.6) is 0 Å². The van der Waals surface area contributed by atoms with Crippen LogP contribution < -0.4 is 10.6 Å². The Morgan fingerprint density at radius 3 is 2.84 bits per heavy atom. The quantitative estimate of drug-likeness (QED) is 0.708. The van der Waals surface area contributed by atoms with Crippen molar-refractivity contribution in [3.8, 4) is 0 Å². The second-order valence-electron chi connectivity index (χ2n) is 4.83. The van der Waals surface area contributed by atoms with Crippen molar-refractivity contribution in [3.63, 3.8) is 0 Å². The zero-order chi connectivity index (χ0) is 14.1. The molecule has 4 heteroatoms. The summed E-state index contributed by atoms with van der Waals surface area (Å²) in [6.07, 6.45) is 6.26. The molecule has 1 aromatic rings. The molecule has 0 aromatic carbocycles. The molecule has 1 amide bonds. The third-order valence-corrected chi connectivity index (χ3v) is 2.99. The molecule has 0 aliphatic heterocycles. The largest absolute Gasteiger partial charge is 0.385 e. The lowest BCUT2D eigenvalue weighted by molar-refractivity contribution is 0.0933. The molecule has 0 spiro atoms. The van der Waals surface area contributed by atoms with Crippen molar-refractivity contribution in [2.75, 3.05) is 11.9 Å². The van der Waals surface area contributed by atoms with E-state index in [1.165, 1.54) is 12.8 Å². The first kappa shape index (κ1) is 15.5. The van der Waals surface area contributed by atoms with E-state index in [0.717, 1.165) is 25.1 Å². The molecule has 106 valence electrons. The fraction of sp³-hybridized carbons (Fsp3) is 0.600. The van der Waals surface area contributed by atoms with Gasteiger partial charge >= 0.3 is 0 Å². The summed E-state index contributed by atoms with van der Waals surface area (Å²) in [4.78, 5) is 16.2. The highest BCUT2D eigenvalue weighted by molar-refractivity contribution is 5.93. The van der Waals surface area contributed by atoms with Gasteiger partial charge in [0.1, 0.15) is 5.69 Å². The zero-order valence-electron chi connectivity index (χ0n) is 12.2. The van der Waals surface area contributed by atoms with Crippen LogP contribution in [0.15, 0.2) is 18.3 Å². The molecule has 2 N–H and O–H groups in total. The van der Waals surface area contributed by atoms with Crippen LogP contribution in [0.3, 0.4) is 0 Å². The lowest BCUT2D eigenvalue weighted by Crippen LogP contribution is -2.33. The monoisotopic (exact) mass is 263 g/mol. The molecule has 1 aromatic heterocycles. The van der Waals surface area contributed by atoms with Crippen molar-refractivity contribution in [1.82, 2.24) is 10.3 Å². The van der Waals surface area contributed by atoms with Gasteiger partial charge in [-0.25, -0.2) is 0 Å². The Morgan fingerprint density at radius 2 is 2.16 bits per heavy atom. The van der Waals surface area contributed by atoms with Crippen LogP contribution in [0, 0.1) is 0 Å². The van der Waals surface area contributed by atoms with Gasteiger partial charge in [-0.3, -0.25) is 9.78 Å². The average molecular weight is 263 g/mol. The third kappa shape index (κ3) is 5.73. The summed E-state index contributed by atoms with van der Waals surface area (Å²) in [5.41, 5.74) is 1.40. The van der Waals surface area contributed by atoms with Gasteiger partial charge in [0.05, 0.1) is 0 Å². The van der Waals surface area contributed by atoms with E-state index in [9.17, 15) is 4.79 Å². The molecule has 19 heavy (non-hydrogen) atoms. The number of carbonyl (C=O) groups excluding carboxylic acids is 1. The number of hydrogen-bond acceptors (Lipinski definition) is 3. The maximum atomic E-state index is 12.0. The van der Waals surface area contributed by atoms with Gasteiger partial charge in [-0.05, 0) is 32.4 Å². The van der Waals surface area contributed by atoms with Crippen LogP contribution in [0.2, 0.25) is 0 Å². The Bertz CT molecular complexity index is 393. The van der Waals surface area contributed by atoms with Crippen molar-refractivity contribution in [1.29, 1.82) is 0 Å². The smallest absolute Gasteiger partial charge is 0.270 e. The van der Waals surface area contributed by atoms with Gasteiger partial charge in [-0.1, -0.05) is 26.2 Å². The minimum absolute atomic E-state index is 0.0937. The molecule has 1 rings (SSSR count). The van der Waals surface area contributed by atoms with Crippen molar-refractivity contribution < 1.29 is 4.79 Å². The molecule has 0 radical (unpaired) electrons. The van der Waals surface area contributed by atoms with Gasteiger partial charge in [-0.15, -0.1) is 0 Å². The van der Waals surface area contributed by atoms with Gasteiger partial charge in [0.15, 0.2) is 0 Å². The Hall–Kier alpha value is -1.58. The Balaban J connectivity index is 2.50. The second kappa shape index (κ2) is 8.51. The first-order chi connectivity index (χ1) is 9.17. The second-order valence-corrected chi connectivity index (χ2v) is 4.83. The predicted molar refractivity (Wildman–Crippen MR) is 79.5 cm³/mol. The summed E-state index contributed by atoms with van der Waals surface area (Å²) in [7, 11) is 0. The average Bonchev–Trinajstić information content (AvgIpc) is 2.39. The maximum Gasteiger partial charge on any atom is 0.270 e. The van der Waals surface area contributed by atoms with Gasteiger partial charge in [0.25, 0.3) is 5.91 Å². The molecular weight excluding hydrogens is 238 g/mol. The number of aromatic nitrogens is 1. The minimum atomic E-state index is -0.0937. The molecule has 0 bridgehead atoms. The van der Waals surface area contributed by atoms with Gasteiger partial charge < -0.3 is 10.6 Å². The van der Waals surface area contributed by atoms with Crippen LogP contribution in [0.1, 0.15) is 56.9 Å². The van der Waals surface area contributed by atoms with Crippen molar-refractivity contribution >= 4 is 11.6 Å². The van der Waals surface area contributed by atoms with E-state index in [1.807, 2.05) is 19.9 Å². The van der Waals surface area contributed by atoms with E-state index in [0.29, 0.717) is 5.69 Å². The van der Waals surface area contributed by atoms with Crippen molar-refractivity contribution in [2.24, 2.45) is 0 Å².